The van der Waals surface area contributed by atoms with E-state index < -0.39 is 5.79 Å². The summed E-state index contributed by atoms with van der Waals surface area (Å²) in [5.41, 5.74) is -0.326. The monoisotopic (exact) mass is 216 g/mol. The number of aliphatic hydroxyl groups excluding tert-OH is 2. The standard InChI is InChI=1S/C11H20O4/c1-10-5-3-8(7-12)15-11(10,14-2)6-4-9(10)13/h8-9,12-13H,3-7H2,1-2H3/t8-,9-,10+,11-/m0/s1. The second kappa shape index (κ2) is 3.70. The van der Waals surface area contributed by atoms with E-state index in [9.17, 15) is 5.11 Å². The van der Waals surface area contributed by atoms with Crippen LogP contribution in [-0.4, -0.2) is 41.9 Å². The average molecular weight is 216 g/mol. The van der Waals surface area contributed by atoms with Gasteiger partial charge in [0.1, 0.15) is 0 Å². The Morgan fingerprint density at radius 1 is 1.40 bits per heavy atom. The summed E-state index contributed by atoms with van der Waals surface area (Å²) in [6.07, 6.45) is 2.53. The van der Waals surface area contributed by atoms with Crippen molar-refractivity contribution in [3.8, 4) is 0 Å². The summed E-state index contributed by atoms with van der Waals surface area (Å²) in [6, 6.07) is 0. The third-order valence-corrected chi connectivity index (χ3v) is 4.23. The molecular weight excluding hydrogens is 196 g/mol. The zero-order valence-corrected chi connectivity index (χ0v) is 9.40. The molecule has 1 saturated heterocycles. The molecule has 0 amide bonds. The van der Waals surface area contributed by atoms with Gasteiger partial charge in [-0.25, -0.2) is 0 Å². The van der Waals surface area contributed by atoms with Crippen LogP contribution in [-0.2, 0) is 9.47 Å². The van der Waals surface area contributed by atoms with Gasteiger partial charge in [0.2, 0.25) is 0 Å². The maximum Gasteiger partial charge on any atom is 0.176 e. The number of methoxy groups -OCH3 is 1. The fourth-order valence-electron chi connectivity index (χ4n) is 3.04. The lowest BCUT2D eigenvalue weighted by Crippen LogP contribution is -2.56. The number of aliphatic hydroxyl groups is 2. The van der Waals surface area contributed by atoms with Crippen molar-refractivity contribution in [2.45, 2.75) is 50.6 Å². The highest BCUT2D eigenvalue weighted by atomic mass is 16.7. The van der Waals surface area contributed by atoms with E-state index in [0.717, 1.165) is 12.8 Å². The fourth-order valence-corrected chi connectivity index (χ4v) is 3.04. The van der Waals surface area contributed by atoms with E-state index in [-0.39, 0.29) is 24.2 Å². The maximum absolute atomic E-state index is 10.0. The van der Waals surface area contributed by atoms with Gasteiger partial charge in [0, 0.05) is 18.9 Å². The molecule has 0 bridgehead atoms. The number of rotatable bonds is 2. The molecular formula is C11H20O4. The van der Waals surface area contributed by atoms with Gasteiger partial charge in [-0.3, -0.25) is 0 Å². The molecule has 0 unspecified atom stereocenters. The predicted molar refractivity (Wildman–Crippen MR) is 54.3 cm³/mol. The molecule has 1 aliphatic carbocycles. The summed E-state index contributed by atoms with van der Waals surface area (Å²) in [5, 5.41) is 19.1. The van der Waals surface area contributed by atoms with E-state index in [1.807, 2.05) is 6.92 Å². The van der Waals surface area contributed by atoms with Gasteiger partial charge >= 0.3 is 0 Å². The molecule has 2 fully saturated rings. The molecule has 15 heavy (non-hydrogen) atoms. The third kappa shape index (κ3) is 1.43. The van der Waals surface area contributed by atoms with Crippen LogP contribution in [0.5, 0.6) is 0 Å². The summed E-state index contributed by atoms with van der Waals surface area (Å²) in [5.74, 6) is -0.696. The predicted octanol–water partition coefficient (Wildman–Crippen LogP) is 0.661. The lowest BCUT2D eigenvalue weighted by Gasteiger charge is -2.49. The van der Waals surface area contributed by atoms with Gasteiger partial charge in [-0.2, -0.15) is 0 Å². The molecule has 2 rings (SSSR count). The topological polar surface area (TPSA) is 58.9 Å². The van der Waals surface area contributed by atoms with Crippen LogP contribution in [0.1, 0.15) is 32.6 Å². The molecule has 4 heteroatoms. The van der Waals surface area contributed by atoms with Crippen molar-refractivity contribution in [2.24, 2.45) is 5.41 Å². The van der Waals surface area contributed by atoms with E-state index in [1.54, 1.807) is 7.11 Å². The van der Waals surface area contributed by atoms with Gasteiger partial charge in [0.05, 0.1) is 18.8 Å². The third-order valence-electron chi connectivity index (χ3n) is 4.23. The zero-order valence-electron chi connectivity index (χ0n) is 9.40. The molecule has 4 atom stereocenters. The zero-order chi connectivity index (χ0) is 11.1. The highest BCUT2D eigenvalue weighted by molar-refractivity contribution is 5.05. The van der Waals surface area contributed by atoms with E-state index in [4.69, 9.17) is 14.6 Å². The van der Waals surface area contributed by atoms with Crippen molar-refractivity contribution < 1.29 is 19.7 Å². The van der Waals surface area contributed by atoms with Crippen molar-refractivity contribution in [2.75, 3.05) is 13.7 Å². The lowest BCUT2D eigenvalue weighted by atomic mass is 9.74. The summed E-state index contributed by atoms with van der Waals surface area (Å²) >= 11 is 0. The Balaban J connectivity index is 2.25. The molecule has 0 aromatic heterocycles. The number of hydrogen-bond donors (Lipinski definition) is 2. The summed E-state index contributed by atoms with van der Waals surface area (Å²) in [7, 11) is 1.62. The number of ether oxygens (including phenoxy) is 2. The van der Waals surface area contributed by atoms with Crippen LogP contribution >= 0.6 is 0 Å². The van der Waals surface area contributed by atoms with Crippen molar-refractivity contribution in [1.82, 2.24) is 0 Å². The van der Waals surface area contributed by atoms with Crippen LogP contribution in [0.25, 0.3) is 0 Å². The van der Waals surface area contributed by atoms with E-state index in [2.05, 4.69) is 0 Å². The molecule has 1 heterocycles. The Morgan fingerprint density at radius 3 is 2.73 bits per heavy atom. The van der Waals surface area contributed by atoms with Gasteiger partial charge in [0.25, 0.3) is 0 Å². The van der Waals surface area contributed by atoms with Gasteiger partial charge in [-0.15, -0.1) is 0 Å². The molecule has 88 valence electrons. The first-order valence-corrected chi connectivity index (χ1v) is 5.60. The molecule has 4 nitrogen and oxygen atoms in total. The smallest absolute Gasteiger partial charge is 0.176 e. The Labute approximate surface area is 90.2 Å². The van der Waals surface area contributed by atoms with Crippen LogP contribution in [0.15, 0.2) is 0 Å². The SMILES string of the molecule is CO[C@]12CC[C@H](O)[C@@]1(C)CC[C@@H](CO)O2. The molecule has 0 spiro atoms. The van der Waals surface area contributed by atoms with Crippen LogP contribution in [0, 0.1) is 5.41 Å². The number of hydrogen-bond acceptors (Lipinski definition) is 4. The molecule has 0 aromatic carbocycles. The first-order chi connectivity index (χ1) is 7.08. The largest absolute Gasteiger partial charge is 0.394 e. The highest BCUT2D eigenvalue weighted by Crippen LogP contribution is 2.55. The quantitative estimate of drug-likeness (QED) is 0.712. The van der Waals surface area contributed by atoms with Crippen LogP contribution in [0.2, 0.25) is 0 Å². The summed E-state index contributed by atoms with van der Waals surface area (Å²) < 4.78 is 11.4. The minimum atomic E-state index is -0.696. The minimum absolute atomic E-state index is 0.0251. The van der Waals surface area contributed by atoms with Crippen molar-refractivity contribution in [1.29, 1.82) is 0 Å². The van der Waals surface area contributed by atoms with Crippen molar-refractivity contribution in [3.05, 3.63) is 0 Å². The molecule has 0 aromatic rings. The maximum atomic E-state index is 10.0. The lowest BCUT2D eigenvalue weighted by molar-refractivity contribution is -0.326. The van der Waals surface area contributed by atoms with E-state index in [0.29, 0.717) is 12.8 Å². The first kappa shape index (κ1) is 11.3. The summed E-state index contributed by atoms with van der Waals surface area (Å²) in [6.45, 7) is 2.04. The minimum Gasteiger partial charge on any atom is -0.394 e. The first-order valence-electron chi connectivity index (χ1n) is 5.60. The second-order valence-corrected chi connectivity index (χ2v) is 4.89. The van der Waals surface area contributed by atoms with Crippen molar-refractivity contribution in [3.63, 3.8) is 0 Å². The Hall–Kier alpha value is -0.160. The van der Waals surface area contributed by atoms with Crippen LogP contribution in [0.3, 0.4) is 0 Å². The van der Waals surface area contributed by atoms with E-state index in [1.165, 1.54) is 0 Å². The molecule has 1 aliphatic heterocycles. The molecule has 0 radical (unpaired) electrons. The van der Waals surface area contributed by atoms with Crippen LogP contribution < -0.4 is 0 Å². The molecule has 2 aliphatic rings. The van der Waals surface area contributed by atoms with Gasteiger partial charge < -0.3 is 19.7 Å². The molecule has 2 N–H and O–H groups in total. The van der Waals surface area contributed by atoms with E-state index >= 15 is 0 Å². The van der Waals surface area contributed by atoms with Gasteiger partial charge in [0.15, 0.2) is 5.79 Å². The van der Waals surface area contributed by atoms with Crippen LogP contribution in [0.4, 0.5) is 0 Å². The fraction of sp³-hybridized carbons (Fsp3) is 1.00. The van der Waals surface area contributed by atoms with Crippen molar-refractivity contribution >= 4 is 0 Å². The second-order valence-electron chi connectivity index (χ2n) is 4.89. The Kier molecular flexibility index (Phi) is 2.79. The average Bonchev–Trinajstić information content (AvgIpc) is 2.52. The summed E-state index contributed by atoms with van der Waals surface area (Å²) in [4.78, 5) is 0. The normalized spacial score (nSPS) is 50.4. The highest BCUT2D eigenvalue weighted by Gasteiger charge is 2.61. The van der Waals surface area contributed by atoms with Gasteiger partial charge in [-0.05, 0) is 19.3 Å². The number of fused-ring (bicyclic) bond motifs is 1. The molecule has 1 saturated carbocycles. The van der Waals surface area contributed by atoms with Gasteiger partial charge in [-0.1, -0.05) is 6.92 Å². The Bertz CT molecular complexity index is 245. The Morgan fingerprint density at radius 2 is 2.13 bits per heavy atom.